The Morgan fingerprint density at radius 3 is 2.72 bits per heavy atom. The lowest BCUT2D eigenvalue weighted by atomic mass is 9.74. The van der Waals surface area contributed by atoms with Gasteiger partial charge in [0.2, 0.25) is 5.91 Å². The number of anilines is 1. The molecular formula is C27H34N2O3. The molecule has 5 heteroatoms. The molecule has 5 nitrogen and oxygen atoms in total. The van der Waals surface area contributed by atoms with E-state index >= 15 is 0 Å². The Bertz CT molecular complexity index is 1010. The van der Waals surface area contributed by atoms with Gasteiger partial charge in [0, 0.05) is 24.1 Å². The summed E-state index contributed by atoms with van der Waals surface area (Å²) in [6.45, 7) is 7.98. The standard InChI is InChI=1S/C27H34N2O3/c1-5-6-9-18-32-23-13-12-20(19-24(23)31-4)14-16-27-26(2,3)21-10-7-8-11-22(21)29(27)17-15-25(30)28-27/h7-8,10-14,16,19H,5-6,9,15,17-18H2,1-4H3,(H,28,30)/b16-14+/t27-/m1/s1. The average molecular weight is 435 g/mol. The van der Waals surface area contributed by atoms with Crippen molar-refractivity contribution in [1.82, 2.24) is 5.32 Å². The summed E-state index contributed by atoms with van der Waals surface area (Å²) in [7, 11) is 1.67. The number of rotatable bonds is 8. The van der Waals surface area contributed by atoms with E-state index in [9.17, 15) is 4.79 Å². The fourth-order valence-corrected chi connectivity index (χ4v) is 4.98. The van der Waals surface area contributed by atoms with E-state index in [2.05, 4.69) is 67.4 Å². The third-order valence-electron chi connectivity index (χ3n) is 6.85. The van der Waals surface area contributed by atoms with E-state index < -0.39 is 5.66 Å². The van der Waals surface area contributed by atoms with Gasteiger partial charge in [0.1, 0.15) is 5.66 Å². The van der Waals surface area contributed by atoms with Crippen molar-refractivity contribution in [2.75, 3.05) is 25.2 Å². The fraction of sp³-hybridized carbons (Fsp3) is 0.444. The van der Waals surface area contributed by atoms with Crippen LogP contribution in [0, 0.1) is 0 Å². The van der Waals surface area contributed by atoms with Crippen LogP contribution in [0.5, 0.6) is 11.5 Å². The Labute approximate surface area is 191 Å². The highest BCUT2D eigenvalue weighted by molar-refractivity contribution is 5.84. The second kappa shape index (κ2) is 8.89. The number of benzene rings is 2. The first-order valence-electron chi connectivity index (χ1n) is 11.6. The second-order valence-corrected chi connectivity index (χ2v) is 9.16. The van der Waals surface area contributed by atoms with E-state index in [4.69, 9.17) is 9.47 Å². The molecule has 4 rings (SSSR count). The maximum atomic E-state index is 12.5. The van der Waals surface area contributed by atoms with Gasteiger partial charge in [-0.1, -0.05) is 64.0 Å². The van der Waals surface area contributed by atoms with Crippen LogP contribution in [0.4, 0.5) is 5.69 Å². The SMILES string of the molecule is CCCCCOc1ccc(/C=C/[C@@]23NC(=O)CCN2c2ccccc2C3(C)C)cc1OC. The summed E-state index contributed by atoms with van der Waals surface area (Å²) in [6, 6.07) is 14.5. The van der Waals surface area contributed by atoms with Crippen molar-refractivity contribution >= 4 is 17.7 Å². The zero-order valence-corrected chi connectivity index (χ0v) is 19.6. The molecule has 2 aromatic rings. The molecule has 0 bridgehead atoms. The van der Waals surface area contributed by atoms with E-state index in [0.29, 0.717) is 19.6 Å². The number of carbonyl (C=O) groups is 1. The van der Waals surface area contributed by atoms with Crippen molar-refractivity contribution in [3.8, 4) is 11.5 Å². The summed E-state index contributed by atoms with van der Waals surface area (Å²) in [5, 5.41) is 3.32. The van der Waals surface area contributed by atoms with E-state index in [1.54, 1.807) is 7.11 Å². The van der Waals surface area contributed by atoms with Gasteiger partial charge < -0.3 is 19.7 Å². The van der Waals surface area contributed by atoms with Gasteiger partial charge in [-0.2, -0.15) is 0 Å². The zero-order valence-electron chi connectivity index (χ0n) is 19.6. The van der Waals surface area contributed by atoms with Crippen LogP contribution in [0.25, 0.3) is 6.08 Å². The number of hydrogen-bond acceptors (Lipinski definition) is 4. The Kier molecular flexibility index (Phi) is 6.18. The smallest absolute Gasteiger partial charge is 0.223 e. The molecule has 1 saturated heterocycles. The summed E-state index contributed by atoms with van der Waals surface area (Å²) in [6.07, 6.45) is 8.08. The Morgan fingerprint density at radius 1 is 1.12 bits per heavy atom. The maximum Gasteiger partial charge on any atom is 0.223 e. The van der Waals surface area contributed by atoms with Gasteiger partial charge in [0.05, 0.1) is 13.7 Å². The van der Waals surface area contributed by atoms with Crippen molar-refractivity contribution in [1.29, 1.82) is 0 Å². The summed E-state index contributed by atoms with van der Waals surface area (Å²) in [5.74, 6) is 1.57. The van der Waals surface area contributed by atoms with Crippen molar-refractivity contribution in [2.45, 2.75) is 57.5 Å². The molecule has 0 aromatic heterocycles. The van der Waals surface area contributed by atoms with Gasteiger partial charge in [-0.3, -0.25) is 4.79 Å². The number of amides is 1. The van der Waals surface area contributed by atoms with Crippen LogP contribution in [0.3, 0.4) is 0 Å². The molecule has 2 aliphatic rings. The number of ether oxygens (including phenoxy) is 2. The highest BCUT2D eigenvalue weighted by Gasteiger charge is 2.57. The first kappa shape index (κ1) is 22.3. The van der Waals surface area contributed by atoms with Crippen LogP contribution in [0.2, 0.25) is 0 Å². The molecule has 0 saturated carbocycles. The third kappa shape index (κ3) is 3.74. The maximum absolute atomic E-state index is 12.5. The summed E-state index contributed by atoms with van der Waals surface area (Å²) >= 11 is 0. The minimum absolute atomic E-state index is 0.0835. The quantitative estimate of drug-likeness (QED) is 0.574. The average Bonchev–Trinajstić information content (AvgIpc) is 2.99. The summed E-state index contributed by atoms with van der Waals surface area (Å²) in [4.78, 5) is 14.9. The number of methoxy groups -OCH3 is 1. The first-order chi connectivity index (χ1) is 15.4. The largest absolute Gasteiger partial charge is 0.493 e. The Morgan fingerprint density at radius 2 is 1.94 bits per heavy atom. The van der Waals surface area contributed by atoms with E-state index in [1.807, 2.05) is 18.2 Å². The van der Waals surface area contributed by atoms with Gasteiger partial charge in [0.25, 0.3) is 0 Å². The van der Waals surface area contributed by atoms with E-state index in [-0.39, 0.29) is 11.3 Å². The van der Waals surface area contributed by atoms with Gasteiger partial charge >= 0.3 is 0 Å². The number of nitrogens with one attached hydrogen (secondary N) is 1. The lowest BCUT2D eigenvalue weighted by Crippen LogP contribution is -2.68. The molecule has 1 amide bonds. The molecule has 2 aliphatic heterocycles. The minimum atomic E-state index is -0.616. The monoisotopic (exact) mass is 434 g/mol. The minimum Gasteiger partial charge on any atom is -0.493 e. The van der Waals surface area contributed by atoms with Gasteiger partial charge in [0.15, 0.2) is 11.5 Å². The predicted octanol–water partition coefficient (Wildman–Crippen LogP) is 5.29. The second-order valence-electron chi connectivity index (χ2n) is 9.16. The number of carbonyl (C=O) groups excluding carboxylic acids is 1. The van der Waals surface area contributed by atoms with Gasteiger partial charge in [-0.25, -0.2) is 0 Å². The molecular weight excluding hydrogens is 400 g/mol. The molecule has 2 heterocycles. The van der Waals surface area contributed by atoms with Crippen molar-refractivity contribution in [2.24, 2.45) is 0 Å². The Hall–Kier alpha value is -2.95. The van der Waals surface area contributed by atoms with E-state index in [0.717, 1.165) is 29.9 Å². The summed E-state index contributed by atoms with van der Waals surface area (Å²) < 4.78 is 11.5. The van der Waals surface area contributed by atoms with Crippen molar-refractivity contribution < 1.29 is 14.3 Å². The molecule has 1 N–H and O–H groups in total. The van der Waals surface area contributed by atoms with Crippen LogP contribution in [0.1, 0.15) is 57.6 Å². The molecule has 0 aliphatic carbocycles. The lowest BCUT2D eigenvalue weighted by molar-refractivity contribution is -0.124. The molecule has 2 aromatic carbocycles. The topological polar surface area (TPSA) is 50.8 Å². The molecule has 1 atom stereocenters. The van der Waals surface area contributed by atoms with Crippen LogP contribution >= 0.6 is 0 Å². The number of unbranched alkanes of at least 4 members (excludes halogenated alkanes) is 2. The van der Waals surface area contributed by atoms with Gasteiger partial charge in [-0.15, -0.1) is 0 Å². The van der Waals surface area contributed by atoms with Crippen molar-refractivity contribution in [3.63, 3.8) is 0 Å². The predicted molar refractivity (Wildman–Crippen MR) is 129 cm³/mol. The third-order valence-corrected chi connectivity index (χ3v) is 6.85. The van der Waals surface area contributed by atoms with Crippen LogP contribution in [-0.4, -0.2) is 31.8 Å². The van der Waals surface area contributed by atoms with Crippen molar-refractivity contribution in [3.05, 3.63) is 59.7 Å². The number of fused-ring (bicyclic) bond motifs is 3. The fourth-order valence-electron chi connectivity index (χ4n) is 4.98. The van der Waals surface area contributed by atoms with Gasteiger partial charge in [-0.05, 0) is 41.8 Å². The molecule has 0 unspecified atom stereocenters. The van der Waals surface area contributed by atoms with Crippen LogP contribution < -0.4 is 19.7 Å². The zero-order chi connectivity index (χ0) is 22.8. The molecule has 0 spiro atoms. The Balaban J connectivity index is 1.64. The molecule has 0 radical (unpaired) electrons. The summed E-state index contributed by atoms with van der Waals surface area (Å²) in [5.41, 5.74) is 2.54. The lowest BCUT2D eigenvalue weighted by Gasteiger charge is -2.49. The highest BCUT2D eigenvalue weighted by atomic mass is 16.5. The normalized spacial score (nSPS) is 21.2. The molecule has 170 valence electrons. The first-order valence-corrected chi connectivity index (χ1v) is 11.6. The highest BCUT2D eigenvalue weighted by Crippen LogP contribution is 2.52. The number of hydrogen-bond donors (Lipinski definition) is 1. The number of para-hydroxylation sites is 1. The molecule has 32 heavy (non-hydrogen) atoms. The van der Waals surface area contributed by atoms with E-state index in [1.165, 1.54) is 17.7 Å². The molecule has 1 fully saturated rings. The van der Waals surface area contributed by atoms with Crippen LogP contribution in [0.15, 0.2) is 48.5 Å². The van der Waals surface area contributed by atoms with Crippen LogP contribution in [-0.2, 0) is 10.2 Å². The number of nitrogens with zero attached hydrogens (tertiary/aromatic N) is 1.